The quantitative estimate of drug-likeness (QED) is 0.668. The molecule has 1 saturated heterocycles. The lowest BCUT2D eigenvalue weighted by Gasteiger charge is -2.03. The zero-order chi connectivity index (χ0) is 13.0. The normalized spacial score (nSPS) is 19.0. The molecule has 0 amide bonds. The molecule has 0 aromatic carbocycles. The van der Waals surface area contributed by atoms with E-state index in [1.807, 2.05) is 13.8 Å². The van der Waals surface area contributed by atoms with Crippen LogP contribution in [0.25, 0.3) is 0 Å². The van der Waals surface area contributed by atoms with Gasteiger partial charge < -0.3 is 20.5 Å². The van der Waals surface area contributed by atoms with Crippen molar-refractivity contribution in [2.75, 3.05) is 33.9 Å². The highest BCUT2D eigenvalue weighted by atomic mass is 16.5. The Kier molecular flexibility index (Phi) is 13.8. The first-order valence-electron chi connectivity index (χ1n) is 5.72. The third kappa shape index (κ3) is 11.4. The van der Waals surface area contributed by atoms with E-state index in [9.17, 15) is 4.79 Å². The summed E-state index contributed by atoms with van der Waals surface area (Å²) in [5.74, 6) is -0.373. The van der Waals surface area contributed by atoms with Gasteiger partial charge in [-0.2, -0.15) is 0 Å². The van der Waals surface area contributed by atoms with Gasteiger partial charge in [-0.15, -0.1) is 0 Å². The number of nitrogens with two attached hydrogens (primary N) is 1. The van der Waals surface area contributed by atoms with Crippen molar-refractivity contribution in [3.63, 3.8) is 0 Å². The summed E-state index contributed by atoms with van der Waals surface area (Å²) in [4.78, 5) is 12.3. The molecule has 0 saturated carbocycles. The van der Waals surface area contributed by atoms with E-state index in [0.717, 1.165) is 6.54 Å². The minimum absolute atomic E-state index is 0.0938. The van der Waals surface area contributed by atoms with Gasteiger partial charge in [-0.1, -0.05) is 13.8 Å². The maximum Gasteiger partial charge on any atom is 0.307 e. The Balaban J connectivity index is 0. The largest absolute Gasteiger partial charge is 0.469 e. The summed E-state index contributed by atoms with van der Waals surface area (Å²) in [6.07, 6.45) is 1.27. The van der Waals surface area contributed by atoms with Gasteiger partial charge in [0.05, 0.1) is 20.1 Å². The first-order chi connectivity index (χ1) is 7.60. The standard InChI is InChI=1S/C5H12N2.C4H8O3.C2H6/c1-7-3-2-5(6)4-7;1-7-4(6)2-3-5;1-2/h5H,2-4,6H2,1H3;5H,2-3H2,1H3;1-2H3. The number of methoxy groups -OCH3 is 1. The van der Waals surface area contributed by atoms with Gasteiger partial charge in [0.15, 0.2) is 0 Å². The molecule has 1 unspecified atom stereocenters. The number of ether oxygens (including phenoxy) is 1. The molecule has 16 heavy (non-hydrogen) atoms. The second-order valence-electron chi connectivity index (χ2n) is 3.36. The van der Waals surface area contributed by atoms with Gasteiger partial charge >= 0.3 is 5.97 Å². The average molecular weight is 234 g/mol. The van der Waals surface area contributed by atoms with Crippen molar-refractivity contribution < 1.29 is 14.6 Å². The first kappa shape index (κ1) is 17.7. The fourth-order valence-corrected chi connectivity index (χ4v) is 1.16. The summed E-state index contributed by atoms with van der Waals surface area (Å²) in [5, 5.41) is 8.07. The molecule has 1 atom stereocenters. The second kappa shape index (κ2) is 12.4. The van der Waals surface area contributed by atoms with E-state index in [2.05, 4.69) is 16.7 Å². The van der Waals surface area contributed by atoms with Crippen LogP contribution >= 0.6 is 0 Å². The lowest BCUT2D eigenvalue weighted by atomic mass is 10.3. The molecule has 98 valence electrons. The minimum Gasteiger partial charge on any atom is -0.469 e. The van der Waals surface area contributed by atoms with Gasteiger partial charge in [-0.05, 0) is 20.0 Å². The highest BCUT2D eigenvalue weighted by molar-refractivity contribution is 5.69. The fourth-order valence-electron chi connectivity index (χ4n) is 1.16. The maximum atomic E-state index is 10.0. The van der Waals surface area contributed by atoms with Crippen LogP contribution in [0.4, 0.5) is 0 Å². The number of likely N-dealkylation sites (tertiary alicyclic amines) is 1. The van der Waals surface area contributed by atoms with Crippen LogP contribution in [0.3, 0.4) is 0 Å². The Bertz CT molecular complexity index is 157. The Morgan fingerprint density at radius 2 is 2.12 bits per heavy atom. The molecule has 5 heteroatoms. The van der Waals surface area contributed by atoms with Crippen molar-refractivity contribution >= 4 is 5.97 Å². The lowest BCUT2D eigenvalue weighted by Crippen LogP contribution is -2.23. The molecular weight excluding hydrogens is 208 g/mol. The maximum absolute atomic E-state index is 10.0. The number of likely N-dealkylation sites (N-methyl/N-ethyl adjacent to an activating group) is 1. The lowest BCUT2D eigenvalue weighted by molar-refractivity contribution is -0.141. The molecule has 0 aromatic heterocycles. The number of aliphatic hydroxyl groups excluding tert-OH is 1. The summed E-state index contributed by atoms with van der Waals surface area (Å²) in [5.41, 5.74) is 5.58. The van der Waals surface area contributed by atoms with E-state index >= 15 is 0 Å². The van der Waals surface area contributed by atoms with E-state index in [4.69, 9.17) is 10.8 Å². The van der Waals surface area contributed by atoms with E-state index in [-0.39, 0.29) is 19.0 Å². The monoisotopic (exact) mass is 234 g/mol. The number of rotatable bonds is 2. The third-order valence-corrected chi connectivity index (χ3v) is 1.97. The Morgan fingerprint density at radius 3 is 2.25 bits per heavy atom. The molecule has 1 fully saturated rings. The first-order valence-corrected chi connectivity index (χ1v) is 5.72. The summed E-state index contributed by atoms with van der Waals surface area (Å²) < 4.78 is 4.19. The predicted octanol–water partition coefficient (Wildman–Crippen LogP) is 0.217. The average Bonchev–Trinajstić information content (AvgIpc) is 2.66. The van der Waals surface area contributed by atoms with Crippen LogP contribution in [0, 0.1) is 0 Å². The topological polar surface area (TPSA) is 75.8 Å². The SMILES string of the molecule is CC.CN1CCC(N)C1.COC(=O)CCO. The Hall–Kier alpha value is -0.650. The molecular formula is C11H26N2O3. The number of carbonyl (C=O) groups excluding carboxylic acids is 1. The third-order valence-electron chi connectivity index (χ3n) is 1.97. The molecule has 1 heterocycles. The molecule has 1 aliphatic rings. The minimum atomic E-state index is -0.373. The van der Waals surface area contributed by atoms with Gasteiger partial charge in [0.1, 0.15) is 0 Å². The van der Waals surface area contributed by atoms with Gasteiger partial charge in [0, 0.05) is 12.6 Å². The predicted molar refractivity (Wildman–Crippen MR) is 65.2 cm³/mol. The Morgan fingerprint density at radius 1 is 1.56 bits per heavy atom. The van der Waals surface area contributed by atoms with E-state index < -0.39 is 0 Å². The van der Waals surface area contributed by atoms with Gasteiger partial charge in [-0.3, -0.25) is 4.79 Å². The van der Waals surface area contributed by atoms with Crippen molar-refractivity contribution in [3.05, 3.63) is 0 Å². The zero-order valence-corrected chi connectivity index (χ0v) is 10.9. The van der Waals surface area contributed by atoms with Crippen LogP contribution in [0.2, 0.25) is 0 Å². The number of esters is 1. The number of hydrogen-bond donors (Lipinski definition) is 2. The van der Waals surface area contributed by atoms with Crippen LogP contribution in [0.15, 0.2) is 0 Å². The number of nitrogens with zero attached hydrogens (tertiary/aromatic N) is 1. The van der Waals surface area contributed by atoms with Crippen molar-refractivity contribution in [1.29, 1.82) is 0 Å². The van der Waals surface area contributed by atoms with Crippen LogP contribution in [0.5, 0.6) is 0 Å². The van der Waals surface area contributed by atoms with Gasteiger partial charge in [0.2, 0.25) is 0 Å². The Labute approximate surface area is 98.6 Å². The van der Waals surface area contributed by atoms with Crippen LogP contribution < -0.4 is 5.73 Å². The summed E-state index contributed by atoms with van der Waals surface area (Å²) in [6.45, 7) is 6.13. The van der Waals surface area contributed by atoms with E-state index in [1.54, 1.807) is 0 Å². The number of carbonyl (C=O) groups is 1. The van der Waals surface area contributed by atoms with Crippen molar-refractivity contribution in [2.24, 2.45) is 5.73 Å². The van der Waals surface area contributed by atoms with E-state index in [1.165, 1.54) is 20.1 Å². The van der Waals surface area contributed by atoms with Gasteiger partial charge in [0.25, 0.3) is 0 Å². The molecule has 0 aliphatic carbocycles. The number of aliphatic hydroxyl groups is 1. The summed E-state index contributed by atoms with van der Waals surface area (Å²) in [6, 6.07) is 0.449. The zero-order valence-electron chi connectivity index (χ0n) is 10.9. The highest BCUT2D eigenvalue weighted by Gasteiger charge is 2.13. The second-order valence-corrected chi connectivity index (χ2v) is 3.36. The van der Waals surface area contributed by atoms with Crippen LogP contribution in [-0.4, -0.2) is 55.9 Å². The highest BCUT2D eigenvalue weighted by Crippen LogP contribution is 2.01. The van der Waals surface area contributed by atoms with Crippen molar-refractivity contribution in [1.82, 2.24) is 4.90 Å². The van der Waals surface area contributed by atoms with Crippen LogP contribution in [-0.2, 0) is 9.53 Å². The fraction of sp³-hybridized carbons (Fsp3) is 0.909. The summed E-state index contributed by atoms with van der Waals surface area (Å²) in [7, 11) is 3.39. The molecule has 1 rings (SSSR count). The molecule has 3 N–H and O–H groups in total. The molecule has 0 aromatic rings. The summed E-state index contributed by atoms with van der Waals surface area (Å²) >= 11 is 0. The van der Waals surface area contributed by atoms with Crippen LogP contribution in [0.1, 0.15) is 26.7 Å². The number of hydrogen-bond acceptors (Lipinski definition) is 5. The molecule has 0 spiro atoms. The van der Waals surface area contributed by atoms with Gasteiger partial charge in [-0.25, -0.2) is 0 Å². The molecule has 0 radical (unpaired) electrons. The van der Waals surface area contributed by atoms with Crippen molar-refractivity contribution in [3.8, 4) is 0 Å². The molecule has 5 nitrogen and oxygen atoms in total. The molecule has 0 bridgehead atoms. The van der Waals surface area contributed by atoms with E-state index in [0.29, 0.717) is 6.04 Å². The van der Waals surface area contributed by atoms with Crippen molar-refractivity contribution in [2.45, 2.75) is 32.7 Å². The molecule has 1 aliphatic heterocycles. The smallest absolute Gasteiger partial charge is 0.307 e.